The number of aromatic nitrogens is 2. The molecular weight excluding hydrogens is 286 g/mol. The van der Waals surface area contributed by atoms with Crippen LogP contribution in [0, 0.1) is 0 Å². The van der Waals surface area contributed by atoms with E-state index in [-0.39, 0.29) is 11.5 Å². The average Bonchev–Trinajstić information content (AvgIpc) is 3.02. The molecule has 0 aliphatic carbocycles. The Hall–Kier alpha value is -1.25. The van der Waals surface area contributed by atoms with E-state index < -0.39 is 9.84 Å². The summed E-state index contributed by atoms with van der Waals surface area (Å²) in [4.78, 5) is 6.35. The van der Waals surface area contributed by atoms with Crippen molar-refractivity contribution < 1.29 is 12.9 Å². The van der Waals surface area contributed by atoms with Crippen LogP contribution in [-0.4, -0.2) is 48.1 Å². The lowest BCUT2D eigenvalue weighted by molar-refractivity contribution is 0.275. The molecule has 102 valence electrons. The third-order valence-electron chi connectivity index (χ3n) is 3.04. The van der Waals surface area contributed by atoms with E-state index in [0.29, 0.717) is 31.3 Å². The van der Waals surface area contributed by atoms with Gasteiger partial charge < -0.3 is 4.52 Å². The van der Waals surface area contributed by atoms with Crippen molar-refractivity contribution in [1.82, 2.24) is 15.0 Å². The van der Waals surface area contributed by atoms with Gasteiger partial charge in [0, 0.05) is 18.5 Å². The predicted octanol–water partition coefficient (Wildman–Crippen LogP) is 1.03. The van der Waals surface area contributed by atoms with Crippen LogP contribution in [0.5, 0.6) is 0 Å². The number of hydrogen-bond donors (Lipinski definition) is 0. The van der Waals surface area contributed by atoms with Gasteiger partial charge in [-0.1, -0.05) is 5.16 Å². The third kappa shape index (κ3) is 3.02. The maximum absolute atomic E-state index is 11.3. The molecule has 6 nitrogen and oxygen atoms in total. The van der Waals surface area contributed by atoms with Crippen molar-refractivity contribution in [1.29, 1.82) is 0 Å². The standard InChI is InChI=1S/C11H13N3O3S2/c15-19(16)5-2-14(3-6-19)7-10-12-11(17-13-10)9-1-4-18-8-9/h1,4,8H,2-3,5-7H2. The zero-order valence-corrected chi connectivity index (χ0v) is 11.8. The second-order valence-corrected chi connectivity index (χ2v) is 7.54. The zero-order valence-electron chi connectivity index (χ0n) is 10.2. The molecule has 0 amide bonds. The SMILES string of the molecule is O=S1(=O)CCN(Cc2noc(-c3ccsc3)n2)CC1. The first kappa shape index (κ1) is 12.8. The van der Waals surface area contributed by atoms with Gasteiger partial charge in [0.05, 0.1) is 23.6 Å². The summed E-state index contributed by atoms with van der Waals surface area (Å²) in [7, 11) is -2.84. The van der Waals surface area contributed by atoms with Crippen LogP contribution in [0.25, 0.3) is 11.5 Å². The Bertz CT molecular complexity index is 635. The van der Waals surface area contributed by atoms with E-state index in [1.807, 2.05) is 21.7 Å². The lowest BCUT2D eigenvalue weighted by Gasteiger charge is -2.24. The van der Waals surface area contributed by atoms with E-state index in [0.717, 1.165) is 5.56 Å². The first-order valence-electron chi connectivity index (χ1n) is 5.90. The molecule has 1 aliphatic rings. The number of sulfone groups is 1. The molecular formula is C11H13N3O3S2. The second-order valence-electron chi connectivity index (χ2n) is 4.46. The van der Waals surface area contributed by atoms with E-state index >= 15 is 0 Å². The van der Waals surface area contributed by atoms with E-state index in [9.17, 15) is 8.42 Å². The first-order chi connectivity index (χ1) is 9.12. The van der Waals surface area contributed by atoms with Crippen molar-refractivity contribution in [3.05, 3.63) is 22.7 Å². The zero-order chi connectivity index (χ0) is 13.3. The van der Waals surface area contributed by atoms with Gasteiger partial charge >= 0.3 is 0 Å². The molecule has 0 bridgehead atoms. The van der Waals surface area contributed by atoms with Crippen molar-refractivity contribution in [2.24, 2.45) is 0 Å². The van der Waals surface area contributed by atoms with E-state index in [4.69, 9.17) is 4.52 Å². The highest BCUT2D eigenvalue weighted by Crippen LogP contribution is 2.20. The minimum Gasteiger partial charge on any atom is -0.334 e. The fourth-order valence-electron chi connectivity index (χ4n) is 1.93. The summed E-state index contributed by atoms with van der Waals surface area (Å²) >= 11 is 1.57. The molecule has 3 rings (SSSR count). The lowest BCUT2D eigenvalue weighted by Crippen LogP contribution is -2.39. The second kappa shape index (κ2) is 5.03. The fourth-order valence-corrected chi connectivity index (χ4v) is 3.84. The maximum atomic E-state index is 11.3. The van der Waals surface area contributed by atoms with Crippen molar-refractivity contribution in [3.63, 3.8) is 0 Å². The van der Waals surface area contributed by atoms with Crippen LogP contribution in [0.2, 0.25) is 0 Å². The van der Waals surface area contributed by atoms with Crippen LogP contribution in [0.3, 0.4) is 0 Å². The summed E-state index contributed by atoms with van der Waals surface area (Å²) in [5, 5.41) is 7.83. The molecule has 0 N–H and O–H groups in total. The summed E-state index contributed by atoms with van der Waals surface area (Å²) in [6.45, 7) is 1.60. The molecule has 2 aromatic rings. The third-order valence-corrected chi connectivity index (χ3v) is 5.33. The molecule has 0 unspecified atom stereocenters. The highest BCUT2D eigenvalue weighted by molar-refractivity contribution is 7.91. The summed E-state index contributed by atoms with van der Waals surface area (Å²) in [5.41, 5.74) is 0.921. The highest BCUT2D eigenvalue weighted by Gasteiger charge is 2.22. The van der Waals surface area contributed by atoms with Gasteiger partial charge in [0.25, 0.3) is 5.89 Å². The van der Waals surface area contributed by atoms with E-state index in [2.05, 4.69) is 10.1 Å². The molecule has 1 aliphatic heterocycles. The van der Waals surface area contributed by atoms with Crippen molar-refractivity contribution in [2.75, 3.05) is 24.6 Å². The van der Waals surface area contributed by atoms with Gasteiger partial charge in [-0.2, -0.15) is 16.3 Å². The average molecular weight is 299 g/mol. The van der Waals surface area contributed by atoms with Gasteiger partial charge in [-0.3, -0.25) is 4.90 Å². The molecule has 0 atom stereocenters. The highest BCUT2D eigenvalue weighted by atomic mass is 32.2. The molecule has 2 aromatic heterocycles. The molecule has 19 heavy (non-hydrogen) atoms. The van der Waals surface area contributed by atoms with E-state index in [1.165, 1.54) is 0 Å². The Balaban J connectivity index is 1.65. The summed E-state index contributed by atoms with van der Waals surface area (Å²) in [6, 6.07) is 1.93. The van der Waals surface area contributed by atoms with Crippen LogP contribution in [0.4, 0.5) is 0 Å². The number of hydrogen-bond acceptors (Lipinski definition) is 7. The maximum Gasteiger partial charge on any atom is 0.258 e. The topological polar surface area (TPSA) is 76.3 Å². The first-order valence-corrected chi connectivity index (χ1v) is 8.67. The molecule has 3 heterocycles. The summed E-state index contributed by atoms with van der Waals surface area (Å²) < 4.78 is 27.9. The lowest BCUT2D eigenvalue weighted by atomic mass is 10.3. The van der Waals surface area contributed by atoms with Crippen molar-refractivity contribution in [2.45, 2.75) is 6.54 Å². The Labute approximate surface area is 115 Å². The van der Waals surface area contributed by atoms with E-state index in [1.54, 1.807) is 11.3 Å². The molecule has 0 spiro atoms. The number of thiophene rings is 1. The number of nitrogens with zero attached hydrogens (tertiary/aromatic N) is 3. The fraction of sp³-hybridized carbons (Fsp3) is 0.455. The monoisotopic (exact) mass is 299 g/mol. The Kier molecular flexibility index (Phi) is 3.38. The Morgan fingerprint density at radius 3 is 2.84 bits per heavy atom. The molecule has 1 fully saturated rings. The summed E-state index contributed by atoms with van der Waals surface area (Å²) in [6.07, 6.45) is 0. The molecule has 8 heteroatoms. The van der Waals surface area contributed by atoms with Crippen LogP contribution in [0.1, 0.15) is 5.82 Å². The van der Waals surface area contributed by atoms with Crippen LogP contribution in [0.15, 0.2) is 21.3 Å². The normalized spacial score (nSPS) is 19.6. The largest absolute Gasteiger partial charge is 0.334 e. The number of rotatable bonds is 3. The smallest absolute Gasteiger partial charge is 0.258 e. The minimum absolute atomic E-state index is 0.211. The van der Waals surface area contributed by atoms with Gasteiger partial charge in [-0.15, -0.1) is 0 Å². The van der Waals surface area contributed by atoms with Crippen molar-refractivity contribution in [3.8, 4) is 11.5 Å². The molecule has 0 aromatic carbocycles. The van der Waals surface area contributed by atoms with Crippen LogP contribution < -0.4 is 0 Å². The molecule has 0 radical (unpaired) electrons. The van der Waals surface area contributed by atoms with Gasteiger partial charge in [-0.25, -0.2) is 8.42 Å². The van der Waals surface area contributed by atoms with Gasteiger partial charge in [0.1, 0.15) is 0 Å². The van der Waals surface area contributed by atoms with Crippen LogP contribution in [-0.2, 0) is 16.4 Å². The van der Waals surface area contributed by atoms with Crippen LogP contribution >= 0.6 is 11.3 Å². The molecule has 1 saturated heterocycles. The Morgan fingerprint density at radius 2 is 2.16 bits per heavy atom. The van der Waals surface area contributed by atoms with Gasteiger partial charge in [0.15, 0.2) is 15.7 Å². The Morgan fingerprint density at radius 1 is 1.37 bits per heavy atom. The molecule has 0 saturated carbocycles. The predicted molar refractivity (Wildman–Crippen MR) is 71.5 cm³/mol. The van der Waals surface area contributed by atoms with Gasteiger partial charge in [0.2, 0.25) is 0 Å². The van der Waals surface area contributed by atoms with Gasteiger partial charge in [-0.05, 0) is 11.4 Å². The van der Waals surface area contributed by atoms with Crippen molar-refractivity contribution >= 4 is 21.2 Å². The minimum atomic E-state index is -2.84. The summed E-state index contributed by atoms with van der Waals surface area (Å²) in [5.74, 6) is 1.53. The quantitative estimate of drug-likeness (QED) is 0.842.